The number of hydrogen-bond acceptors (Lipinski definition) is 2. The lowest BCUT2D eigenvalue weighted by Crippen LogP contribution is -2.02. The van der Waals surface area contributed by atoms with Gasteiger partial charge in [-0.2, -0.15) is 5.10 Å². The Kier molecular flexibility index (Phi) is 2.59. The molecule has 0 radical (unpaired) electrons. The van der Waals surface area contributed by atoms with Crippen molar-refractivity contribution in [3.63, 3.8) is 0 Å². The number of hydrogen-bond donors (Lipinski definition) is 1. The molecule has 0 aliphatic heterocycles. The van der Waals surface area contributed by atoms with Gasteiger partial charge in [-0.1, -0.05) is 29.3 Å². The van der Waals surface area contributed by atoms with Gasteiger partial charge in [-0.05, 0) is 19.1 Å². The summed E-state index contributed by atoms with van der Waals surface area (Å²) < 4.78 is 1.57. The largest absolute Gasteiger partial charge is 0.384 e. The first-order chi connectivity index (χ1) is 7.09. The third kappa shape index (κ3) is 1.80. The molecule has 3 nitrogen and oxygen atoms in total. The van der Waals surface area contributed by atoms with Gasteiger partial charge in [0.2, 0.25) is 0 Å². The molecule has 0 saturated heterocycles. The maximum Gasteiger partial charge on any atom is 0.127 e. The Morgan fingerprint density at radius 1 is 1.33 bits per heavy atom. The zero-order chi connectivity index (χ0) is 11.0. The van der Waals surface area contributed by atoms with Crippen LogP contribution in [0.3, 0.4) is 0 Å². The van der Waals surface area contributed by atoms with Crippen LogP contribution in [0.1, 0.15) is 5.69 Å². The zero-order valence-electron chi connectivity index (χ0n) is 8.04. The van der Waals surface area contributed by atoms with E-state index >= 15 is 0 Å². The van der Waals surface area contributed by atoms with Gasteiger partial charge >= 0.3 is 0 Å². The van der Waals surface area contributed by atoms with Crippen LogP contribution in [0.15, 0.2) is 24.3 Å². The predicted octanol–water partition coefficient (Wildman–Crippen LogP) is 3.07. The Hall–Kier alpha value is -1.19. The van der Waals surface area contributed by atoms with E-state index in [-0.39, 0.29) is 0 Å². The first-order valence-corrected chi connectivity index (χ1v) is 5.11. The molecule has 0 unspecified atom stereocenters. The molecule has 2 N–H and O–H groups in total. The fourth-order valence-electron chi connectivity index (χ4n) is 1.37. The summed E-state index contributed by atoms with van der Waals surface area (Å²) in [5.74, 6) is 0.539. The van der Waals surface area contributed by atoms with Gasteiger partial charge < -0.3 is 5.73 Å². The van der Waals surface area contributed by atoms with E-state index in [0.29, 0.717) is 21.6 Å². The lowest BCUT2D eigenvalue weighted by Gasteiger charge is -2.06. The van der Waals surface area contributed by atoms with Gasteiger partial charge in [0.25, 0.3) is 0 Å². The molecule has 0 bridgehead atoms. The molecule has 1 aromatic carbocycles. The van der Waals surface area contributed by atoms with E-state index in [2.05, 4.69) is 5.10 Å². The van der Waals surface area contributed by atoms with Gasteiger partial charge in [0.05, 0.1) is 21.4 Å². The third-order valence-corrected chi connectivity index (χ3v) is 2.83. The van der Waals surface area contributed by atoms with Crippen LogP contribution >= 0.6 is 23.2 Å². The van der Waals surface area contributed by atoms with Crippen LogP contribution in [-0.4, -0.2) is 9.78 Å². The monoisotopic (exact) mass is 241 g/mol. The quantitative estimate of drug-likeness (QED) is 0.835. The summed E-state index contributed by atoms with van der Waals surface area (Å²) in [7, 11) is 0. The van der Waals surface area contributed by atoms with Crippen molar-refractivity contribution in [2.24, 2.45) is 0 Å². The molecule has 1 heterocycles. The smallest absolute Gasteiger partial charge is 0.127 e. The van der Waals surface area contributed by atoms with Gasteiger partial charge in [-0.25, -0.2) is 4.68 Å². The zero-order valence-corrected chi connectivity index (χ0v) is 9.55. The van der Waals surface area contributed by atoms with E-state index in [4.69, 9.17) is 28.9 Å². The minimum Gasteiger partial charge on any atom is -0.384 e. The highest BCUT2D eigenvalue weighted by Gasteiger charge is 2.10. The van der Waals surface area contributed by atoms with Crippen LogP contribution in [0.5, 0.6) is 0 Å². The summed E-state index contributed by atoms with van der Waals surface area (Å²) in [6.07, 6.45) is 0. The highest BCUT2D eigenvalue weighted by atomic mass is 35.5. The predicted molar refractivity (Wildman–Crippen MR) is 62.7 cm³/mol. The van der Waals surface area contributed by atoms with Crippen molar-refractivity contribution in [1.82, 2.24) is 9.78 Å². The normalized spacial score (nSPS) is 10.6. The molecule has 78 valence electrons. The first kappa shape index (κ1) is 10.3. The maximum atomic E-state index is 6.06. The Labute approximate surface area is 97.4 Å². The molecule has 1 aromatic heterocycles. The fourth-order valence-corrected chi connectivity index (χ4v) is 1.74. The summed E-state index contributed by atoms with van der Waals surface area (Å²) in [5.41, 5.74) is 7.32. The average Bonchev–Trinajstić information content (AvgIpc) is 2.50. The molecule has 0 spiro atoms. The first-order valence-electron chi connectivity index (χ1n) is 4.36. The molecular weight excluding hydrogens is 233 g/mol. The molecular formula is C10H9Cl2N3. The topological polar surface area (TPSA) is 43.8 Å². The van der Waals surface area contributed by atoms with Crippen molar-refractivity contribution in [3.05, 3.63) is 40.0 Å². The SMILES string of the molecule is Cc1cc(N)n(-c2cccc(Cl)c2Cl)n1. The molecule has 0 aliphatic rings. The maximum absolute atomic E-state index is 6.06. The Balaban J connectivity index is 2.64. The van der Waals surface area contributed by atoms with E-state index in [1.165, 1.54) is 0 Å². The Morgan fingerprint density at radius 3 is 2.67 bits per heavy atom. The van der Waals surface area contributed by atoms with Crippen molar-refractivity contribution in [1.29, 1.82) is 0 Å². The molecule has 0 fully saturated rings. The second kappa shape index (κ2) is 3.76. The van der Waals surface area contributed by atoms with Crippen molar-refractivity contribution in [2.75, 3.05) is 5.73 Å². The number of nitrogens with two attached hydrogens (primary N) is 1. The van der Waals surface area contributed by atoms with Crippen LogP contribution in [0, 0.1) is 6.92 Å². The number of nitrogens with zero attached hydrogens (tertiary/aromatic N) is 2. The summed E-state index contributed by atoms with van der Waals surface area (Å²) in [6, 6.07) is 7.12. The van der Waals surface area contributed by atoms with Gasteiger partial charge in [0.15, 0.2) is 0 Å². The van der Waals surface area contributed by atoms with Crippen molar-refractivity contribution in [3.8, 4) is 5.69 Å². The Morgan fingerprint density at radius 2 is 2.07 bits per heavy atom. The van der Waals surface area contributed by atoms with E-state index in [1.807, 2.05) is 13.0 Å². The second-order valence-corrected chi connectivity index (χ2v) is 3.98. The molecule has 2 rings (SSSR count). The van der Waals surface area contributed by atoms with Crippen LogP contribution in [0.2, 0.25) is 10.0 Å². The van der Waals surface area contributed by atoms with Gasteiger partial charge in [0, 0.05) is 6.07 Å². The van der Waals surface area contributed by atoms with E-state index < -0.39 is 0 Å². The average molecular weight is 242 g/mol. The van der Waals surface area contributed by atoms with Crippen LogP contribution in [0.25, 0.3) is 5.69 Å². The van der Waals surface area contributed by atoms with Gasteiger partial charge in [-0.15, -0.1) is 0 Å². The van der Waals surface area contributed by atoms with E-state index in [0.717, 1.165) is 5.69 Å². The second-order valence-electron chi connectivity index (χ2n) is 3.20. The highest BCUT2D eigenvalue weighted by molar-refractivity contribution is 6.43. The van der Waals surface area contributed by atoms with Crippen LogP contribution in [-0.2, 0) is 0 Å². The summed E-state index contributed by atoms with van der Waals surface area (Å²) in [6.45, 7) is 1.87. The summed E-state index contributed by atoms with van der Waals surface area (Å²) in [4.78, 5) is 0. The fraction of sp³-hybridized carbons (Fsp3) is 0.100. The molecule has 15 heavy (non-hydrogen) atoms. The number of rotatable bonds is 1. The molecule has 0 atom stereocenters. The lowest BCUT2D eigenvalue weighted by molar-refractivity contribution is 0.872. The molecule has 0 aliphatic carbocycles. The Bertz CT molecular complexity index is 505. The molecule has 0 saturated carbocycles. The van der Waals surface area contributed by atoms with Crippen LogP contribution in [0.4, 0.5) is 5.82 Å². The van der Waals surface area contributed by atoms with Crippen LogP contribution < -0.4 is 5.73 Å². The third-order valence-electron chi connectivity index (χ3n) is 2.02. The summed E-state index contributed by atoms with van der Waals surface area (Å²) >= 11 is 12.0. The lowest BCUT2D eigenvalue weighted by atomic mass is 10.3. The van der Waals surface area contributed by atoms with Crippen molar-refractivity contribution in [2.45, 2.75) is 6.92 Å². The number of aryl methyl sites for hydroxylation is 1. The van der Waals surface area contributed by atoms with E-state index in [9.17, 15) is 0 Å². The number of nitrogen functional groups attached to an aromatic ring is 1. The minimum atomic E-state index is 0.453. The highest BCUT2D eigenvalue weighted by Crippen LogP contribution is 2.29. The van der Waals surface area contributed by atoms with Gasteiger partial charge in [-0.3, -0.25) is 0 Å². The standard InChI is InChI=1S/C10H9Cl2N3/c1-6-5-9(13)15(14-6)8-4-2-3-7(11)10(8)12/h2-5H,13H2,1H3. The minimum absolute atomic E-state index is 0.453. The number of benzene rings is 1. The van der Waals surface area contributed by atoms with E-state index in [1.54, 1.807) is 22.9 Å². The molecule has 5 heteroatoms. The number of aromatic nitrogens is 2. The van der Waals surface area contributed by atoms with Crippen molar-refractivity contribution < 1.29 is 0 Å². The molecule has 2 aromatic rings. The summed E-state index contributed by atoms with van der Waals surface area (Å²) in [5, 5.41) is 5.17. The van der Waals surface area contributed by atoms with Gasteiger partial charge in [0.1, 0.15) is 5.82 Å². The molecule has 0 amide bonds. The number of anilines is 1. The number of halogens is 2. The van der Waals surface area contributed by atoms with Crippen molar-refractivity contribution >= 4 is 29.0 Å².